The van der Waals surface area contributed by atoms with Crippen molar-refractivity contribution in [2.45, 2.75) is 13.3 Å². The molecule has 0 fully saturated rings. The van der Waals surface area contributed by atoms with E-state index in [1.54, 1.807) is 6.92 Å². The average Bonchev–Trinajstić information content (AvgIpc) is 2.46. The highest BCUT2D eigenvalue weighted by Gasteiger charge is 2.08. The van der Waals surface area contributed by atoms with Crippen LogP contribution in [0.25, 0.3) is 0 Å². The van der Waals surface area contributed by atoms with Gasteiger partial charge in [0.25, 0.3) is 0 Å². The number of anilines is 1. The third kappa shape index (κ3) is 2.23. The lowest BCUT2D eigenvalue weighted by Gasteiger charge is -1.99. The molecular formula is C8H11N5O. The third-order valence-electron chi connectivity index (χ3n) is 1.72. The van der Waals surface area contributed by atoms with Crippen molar-refractivity contribution in [3.63, 3.8) is 0 Å². The number of hydrogen-bond donors (Lipinski definition) is 3. The van der Waals surface area contributed by atoms with E-state index in [4.69, 9.17) is 11.0 Å². The Kier molecular flexibility index (Phi) is 3.07. The second-order valence-electron chi connectivity index (χ2n) is 2.83. The lowest BCUT2D eigenvalue weighted by atomic mass is 10.2. The summed E-state index contributed by atoms with van der Waals surface area (Å²) in [6, 6.07) is 2.01. The van der Waals surface area contributed by atoms with Gasteiger partial charge in [0, 0.05) is 13.0 Å². The smallest absolute Gasteiger partial charge is 0.219 e. The molecule has 1 aromatic heterocycles. The van der Waals surface area contributed by atoms with E-state index in [9.17, 15) is 4.79 Å². The van der Waals surface area contributed by atoms with E-state index < -0.39 is 0 Å². The minimum Gasteiger partial charge on any atom is -0.370 e. The number of H-pyrrole nitrogens is 1. The first-order chi connectivity index (χ1) is 6.65. The van der Waals surface area contributed by atoms with Crippen LogP contribution in [-0.4, -0.2) is 22.6 Å². The highest BCUT2D eigenvalue weighted by molar-refractivity contribution is 5.74. The van der Waals surface area contributed by atoms with Gasteiger partial charge >= 0.3 is 0 Å². The lowest BCUT2D eigenvalue weighted by Crippen LogP contribution is -2.16. The minimum atomic E-state index is -0.386. The third-order valence-corrected chi connectivity index (χ3v) is 1.72. The zero-order chi connectivity index (χ0) is 10.6. The second-order valence-corrected chi connectivity index (χ2v) is 2.83. The maximum atomic E-state index is 10.4. The molecule has 6 heteroatoms. The van der Waals surface area contributed by atoms with Gasteiger partial charge in [0.05, 0.1) is 5.69 Å². The molecule has 1 heterocycles. The highest BCUT2D eigenvalue weighted by atomic mass is 16.1. The Hall–Kier alpha value is -2.03. The summed E-state index contributed by atoms with van der Waals surface area (Å²) in [6.45, 7) is 2.14. The summed E-state index contributed by atoms with van der Waals surface area (Å²) in [6.07, 6.45) is 0.219. The standard InChI is InChI=1S/C8H11N5O/c1-5-6(4-9)8(13-12-5)11-3-2-7(10)14/h2-3H2,1H3,(H2,10,14)(H2,11,12,13). The fourth-order valence-corrected chi connectivity index (χ4v) is 0.998. The van der Waals surface area contributed by atoms with E-state index in [1.165, 1.54) is 0 Å². The Balaban J connectivity index is 2.59. The summed E-state index contributed by atoms with van der Waals surface area (Å²) in [4.78, 5) is 10.4. The Morgan fingerprint density at radius 1 is 1.79 bits per heavy atom. The number of amides is 1. The Bertz CT molecular complexity index is 376. The van der Waals surface area contributed by atoms with Crippen LogP contribution in [0, 0.1) is 18.3 Å². The Morgan fingerprint density at radius 2 is 2.50 bits per heavy atom. The molecule has 0 saturated heterocycles. The van der Waals surface area contributed by atoms with Gasteiger partial charge in [-0.05, 0) is 6.92 Å². The van der Waals surface area contributed by atoms with Gasteiger partial charge in [-0.3, -0.25) is 9.89 Å². The van der Waals surface area contributed by atoms with Crippen LogP contribution < -0.4 is 11.1 Å². The molecule has 0 aliphatic rings. The molecule has 6 nitrogen and oxygen atoms in total. The van der Waals surface area contributed by atoms with Crippen LogP contribution in [-0.2, 0) is 4.79 Å². The number of aromatic amines is 1. The number of hydrogen-bond acceptors (Lipinski definition) is 4. The summed E-state index contributed by atoms with van der Waals surface area (Å²) in [5.74, 6) is 0.0783. The molecule has 74 valence electrons. The quantitative estimate of drug-likeness (QED) is 0.619. The van der Waals surface area contributed by atoms with E-state index in [2.05, 4.69) is 15.5 Å². The van der Waals surface area contributed by atoms with Crippen LogP contribution >= 0.6 is 0 Å². The lowest BCUT2D eigenvalue weighted by molar-refractivity contribution is -0.117. The van der Waals surface area contributed by atoms with Crippen molar-refractivity contribution in [3.05, 3.63) is 11.3 Å². The van der Waals surface area contributed by atoms with Crippen molar-refractivity contribution in [2.24, 2.45) is 5.73 Å². The molecule has 0 radical (unpaired) electrons. The molecule has 0 saturated carbocycles. The maximum absolute atomic E-state index is 10.4. The van der Waals surface area contributed by atoms with Crippen LogP contribution in [0.2, 0.25) is 0 Å². The molecule has 0 aliphatic carbocycles. The predicted molar refractivity (Wildman–Crippen MR) is 50.3 cm³/mol. The predicted octanol–water partition coefficient (Wildman–Crippen LogP) is -0.123. The number of nitrogens with zero attached hydrogens (tertiary/aromatic N) is 2. The Morgan fingerprint density at radius 3 is 3.07 bits per heavy atom. The van der Waals surface area contributed by atoms with Gasteiger partial charge in [0.15, 0.2) is 5.82 Å². The van der Waals surface area contributed by atoms with Crippen LogP contribution in [0.4, 0.5) is 5.82 Å². The summed E-state index contributed by atoms with van der Waals surface area (Å²) in [5, 5.41) is 18.2. The molecule has 0 atom stereocenters. The molecule has 0 aromatic carbocycles. The molecule has 1 rings (SSSR count). The summed E-state index contributed by atoms with van der Waals surface area (Å²) < 4.78 is 0. The number of aryl methyl sites for hydroxylation is 1. The van der Waals surface area contributed by atoms with Crippen molar-refractivity contribution >= 4 is 11.7 Å². The number of carbonyl (C=O) groups excluding carboxylic acids is 1. The fraction of sp³-hybridized carbons (Fsp3) is 0.375. The van der Waals surface area contributed by atoms with E-state index in [1.807, 2.05) is 6.07 Å². The normalized spacial score (nSPS) is 9.43. The van der Waals surface area contributed by atoms with E-state index in [0.717, 1.165) is 0 Å². The zero-order valence-electron chi connectivity index (χ0n) is 7.79. The van der Waals surface area contributed by atoms with Gasteiger partial charge in [0.2, 0.25) is 5.91 Å². The van der Waals surface area contributed by atoms with Gasteiger partial charge in [-0.1, -0.05) is 0 Å². The van der Waals surface area contributed by atoms with Gasteiger partial charge in [0.1, 0.15) is 11.6 Å². The number of nitrogens with one attached hydrogen (secondary N) is 2. The monoisotopic (exact) mass is 193 g/mol. The van der Waals surface area contributed by atoms with Gasteiger partial charge < -0.3 is 11.1 Å². The van der Waals surface area contributed by atoms with Crippen LogP contribution in [0.5, 0.6) is 0 Å². The molecule has 1 aromatic rings. The van der Waals surface area contributed by atoms with Crippen LogP contribution in [0.3, 0.4) is 0 Å². The molecule has 4 N–H and O–H groups in total. The van der Waals surface area contributed by atoms with Crippen LogP contribution in [0.15, 0.2) is 0 Å². The number of primary amides is 1. The summed E-state index contributed by atoms with van der Waals surface area (Å²) >= 11 is 0. The Labute approximate surface area is 81.1 Å². The summed E-state index contributed by atoms with van der Waals surface area (Å²) in [7, 11) is 0. The number of aromatic nitrogens is 2. The van der Waals surface area contributed by atoms with Gasteiger partial charge in [-0.25, -0.2) is 0 Å². The first-order valence-corrected chi connectivity index (χ1v) is 4.12. The van der Waals surface area contributed by atoms with E-state index in [-0.39, 0.29) is 12.3 Å². The highest BCUT2D eigenvalue weighted by Crippen LogP contribution is 2.13. The molecular weight excluding hydrogens is 182 g/mol. The topological polar surface area (TPSA) is 108 Å². The minimum absolute atomic E-state index is 0.219. The first-order valence-electron chi connectivity index (χ1n) is 4.12. The van der Waals surface area contributed by atoms with E-state index >= 15 is 0 Å². The number of nitrogens with two attached hydrogens (primary N) is 1. The molecule has 0 unspecified atom stereocenters. The van der Waals surface area contributed by atoms with Crippen molar-refractivity contribution in [2.75, 3.05) is 11.9 Å². The molecule has 14 heavy (non-hydrogen) atoms. The molecule has 1 amide bonds. The van der Waals surface area contributed by atoms with Crippen molar-refractivity contribution in [1.29, 1.82) is 5.26 Å². The number of rotatable bonds is 4. The van der Waals surface area contributed by atoms with Gasteiger partial charge in [-0.2, -0.15) is 10.4 Å². The molecule has 0 aliphatic heterocycles. The maximum Gasteiger partial charge on any atom is 0.219 e. The van der Waals surface area contributed by atoms with E-state index in [0.29, 0.717) is 23.6 Å². The summed E-state index contributed by atoms with van der Waals surface area (Å²) in [5.41, 5.74) is 6.13. The SMILES string of the molecule is Cc1[nH]nc(NCCC(N)=O)c1C#N. The molecule has 0 spiro atoms. The van der Waals surface area contributed by atoms with Crippen molar-refractivity contribution in [1.82, 2.24) is 10.2 Å². The number of nitriles is 1. The zero-order valence-corrected chi connectivity index (χ0v) is 7.79. The van der Waals surface area contributed by atoms with Gasteiger partial charge in [-0.15, -0.1) is 0 Å². The van der Waals surface area contributed by atoms with Crippen LogP contribution in [0.1, 0.15) is 17.7 Å². The number of carbonyl (C=O) groups is 1. The van der Waals surface area contributed by atoms with Crippen molar-refractivity contribution in [3.8, 4) is 6.07 Å². The van der Waals surface area contributed by atoms with Crippen molar-refractivity contribution < 1.29 is 4.79 Å². The molecule has 0 bridgehead atoms. The average molecular weight is 193 g/mol. The fourth-order valence-electron chi connectivity index (χ4n) is 0.998. The second kappa shape index (κ2) is 4.28. The largest absolute Gasteiger partial charge is 0.370 e. The first kappa shape index (κ1) is 10.1.